The van der Waals surface area contributed by atoms with Gasteiger partial charge in [-0.15, -0.1) is 0 Å². The van der Waals surface area contributed by atoms with Gasteiger partial charge in [0.05, 0.1) is 78.2 Å². The number of hydrogen-bond acceptors (Lipinski definition) is 12. The molecule has 1 aliphatic heterocycles. The molecular formula is C52H58F12N2O12P2. The minimum atomic E-state index is -10.7. The molecule has 80 heavy (non-hydrogen) atoms. The number of fused-ring (bicyclic) bond motifs is 2. The minimum absolute atomic E-state index is 0.329. The molecular weight excluding hydrogens is 1130 g/mol. The smallest absolute Gasteiger partial charge is 0.161 e. The first-order valence-corrected chi connectivity index (χ1v) is 27.9. The second-order valence-electron chi connectivity index (χ2n) is 16.5. The normalized spacial score (nSPS) is 15.8. The number of rotatable bonds is 7. The molecule has 0 saturated carbocycles. The molecule has 0 spiro atoms. The Hall–Kier alpha value is -6.82. The standard InChI is InChI=1S/C28H26N2O4.C24H32O8.2F6P/c1-33-27(31)25-7-3-21(4-8-25)19-29-15-11-23(12-16-29)24-13-17-30(18-14-24)20-22-5-9-26(10-6-22)28(32)34-2;1-2-6-22-21(5-1)29-17-13-25-9-10-27-15-19-31-23-7-3-4-8-24(23)32-20-16-28-12-11-26-14-18-30-22;2*1-7(2,3,4,5)6/h3-18H,19-20H2,1-2H3;1-8H,9-20H2;;/q+2;;2*-1. The number of benzene rings is 4. The van der Waals surface area contributed by atoms with Crippen molar-refractivity contribution in [2.75, 3.05) is 93.5 Å². The molecule has 0 aliphatic carbocycles. The van der Waals surface area contributed by atoms with Gasteiger partial charge in [-0.1, -0.05) is 48.5 Å². The first kappa shape index (κ1) is 65.7. The summed E-state index contributed by atoms with van der Waals surface area (Å²) in [5, 5.41) is 0. The second kappa shape index (κ2) is 28.5. The van der Waals surface area contributed by atoms with E-state index in [0.717, 1.165) is 22.3 Å². The van der Waals surface area contributed by atoms with E-state index in [1.54, 1.807) is 24.3 Å². The SMILES string of the molecule is COC(=O)c1ccc(C[n+]2ccc(-c3cc[n+](Cc4ccc(C(=O)OC)cc4)cc3)cc2)cc1.F[P-](F)(F)(F)(F)F.F[P-](F)(F)(F)(F)F.c1ccc2c(c1)OCCOCCOCCOc1ccccc1OCCOCCOCCO2. The third kappa shape index (κ3) is 31.7. The Bertz CT molecular complexity index is 2560. The van der Waals surface area contributed by atoms with E-state index in [1.807, 2.05) is 97.6 Å². The van der Waals surface area contributed by atoms with Crippen molar-refractivity contribution in [3.63, 3.8) is 0 Å². The number of halogens is 12. The molecule has 6 aromatic rings. The predicted molar refractivity (Wildman–Crippen MR) is 271 cm³/mol. The van der Waals surface area contributed by atoms with Crippen LogP contribution >= 0.6 is 15.6 Å². The van der Waals surface area contributed by atoms with Crippen LogP contribution < -0.4 is 28.1 Å². The van der Waals surface area contributed by atoms with Crippen molar-refractivity contribution in [3.8, 4) is 34.1 Å². The third-order valence-electron chi connectivity index (χ3n) is 9.98. The summed E-state index contributed by atoms with van der Waals surface area (Å²) in [6, 6.07) is 38.3. The molecule has 0 saturated heterocycles. The maximum atomic E-state index is 11.6. The second-order valence-corrected chi connectivity index (χ2v) is 20.4. The molecule has 4 aromatic carbocycles. The molecule has 3 heterocycles. The maximum absolute atomic E-state index is 11.6. The van der Waals surface area contributed by atoms with E-state index in [2.05, 4.69) is 33.4 Å². The van der Waals surface area contributed by atoms with Gasteiger partial charge in [-0.25, -0.2) is 18.7 Å². The summed E-state index contributed by atoms with van der Waals surface area (Å²) in [6.45, 7) is 6.91. The summed E-state index contributed by atoms with van der Waals surface area (Å²) in [5.41, 5.74) is 5.56. The van der Waals surface area contributed by atoms with Gasteiger partial charge in [-0.2, -0.15) is 0 Å². The predicted octanol–water partition coefficient (Wildman–Crippen LogP) is 13.3. The van der Waals surface area contributed by atoms with Crippen LogP contribution in [0.3, 0.4) is 0 Å². The Morgan fingerprint density at radius 2 is 0.600 bits per heavy atom. The van der Waals surface area contributed by atoms with Gasteiger partial charge in [0, 0.05) is 35.4 Å². The van der Waals surface area contributed by atoms with Crippen molar-refractivity contribution in [2.45, 2.75) is 13.1 Å². The summed E-state index contributed by atoms with van der Waals surface area (Å²) in [5.74, 6) is 2.07. The van der Waals surface area contributed by atoms with E-state index in [0.29, 0.717) is 126 Å². The minimum Gasteiger partial charge on any atom is -0.487 e. The van der Waals surface area contributed by atoms with E-state index in [1.165, 1.54) is 14.2 Å². The number of hydrogen-bond donors (Lipinski definition) is 0. The van der Waals surface area contributed by atoms with Crippen molar-refractivity contribution in [3.05, 3.63) is 168 Å². The largest absolute Gasteiger partial charge is 0.487 e. The Morgan fingerprint density at radius 1 is 0.375 bits per heavy atom. The average molecular weight is 1190 g/mol. The van der Waals surface area contributed by atoms with Crippen LogP contribution in [0, 0.1) is 0 Å². The van der Waals surface area contributed by atoms with Gasteiger partial charge in [0.15, 0.2) is 60.9 Å². The topological polar surface area (TPSA) is 134 Å². The van der Waals surface area contributed by atoms with Gasteiger partial charge in [-0.05, 0) is 59.7 Å². The van der Waals surface area contributed by atoms with E-state index >= 15 is 0 Å². The monoisotopic (exact) mass is 1190 g/mol. The molecule has 0 unspecified atom stereocenters. The number of aromatic nitrogens is 2. The summed E-state index contributed by atoms with van der Waals surface area (Å²) >= 11 is 0. The zero-order chi connectivity index (χ0) is 58.8. The van der Waals surface area contributed by atoms with Gasteiger partial charge in [0.2, 0.25) is 0 Å². The Balaban J connectivity index is 0.000000278. The quantitative estimate of drug-likeness (QED) is 0.0652. The molecule has 0 atom stereocenters. The Morgan fingerprint density at radius 3 is 0.825 bits per heavy atom. The van der Waals surface area contributed by atoms with Crippen LogP contribution in [0.5, 0.6) is 23.0 Å². The first-order chi connectivity index (χ1) is 37.4. The van der Waals surface area contributed by atoms with Crippen LogP contribution in [0.4, 0.5) is 50.4 Å². The summed E-state index contributed by atoms with van der Waals surface area (Å²) in [4.78, 5) is 23.1. The number of carbonyl (C=O) groups excluding carboxylic acids is 2. The zero-order valence-corrected chi connectivity index (χ0v) is 44.8. The van der Waals surface area contributed by atoms with Gasteiger partial charge in [0.25, 0.3) is 0 Å². The molecule has 7 rings (SSSR count). The molecule has 1 aliphatic rings. The van der Waals surface area contributed by atoms with E-state index in [-0.39, 0.29) is 11.9 Å². The van der Waals surface area contributed by atoms with Gasteiger partial charge >= 0.3 is 77.9 Å². The van der Waals surface area contributed by atoms with Crippen LogP contribution in [0.15, 0.2) is 146 Å². The number of esters is 2. The molecule has 28 heteroatoms. The van der Waals surface area contributed by atoms with Crippen molar-refractivity contribution in [1.29, 1.82) is 0 Å². The molecule has 442 valence electrons. The van der Waals surface area contributed by atoms with Crippen LogP contribution in [0.1, 0.15) is 31.8 Å². The van der Waals surface area contributed by atoms with Crippen LogP contribution in [-0.4, -0.2) is 105 Å². The van der Waals surface area contributed by atoms with Crippen LogP contribution in [-0.2, 0) is 41.5 Å². The zero-order valence-electron chi connectivity index (χ0n) is 43.0. The molecule has 0 fully saturated rings. The number of para-hydroxylation sites is 4. The van der Waals surface area contributed by atoms with Crippen LogP contribution in [0.25, 0.3) is 11.1 Å². The van der Waals surface area contributed by atoms with Gasteiger partial charge < -0.3 is 47.4 Å². The van der Waals surface area contributed by atoms with Crippen molar-refractivity contribution < 1.29 is 116 Å². The average Bonchev–Trinajstić information content (AvgIpc) is 3.45. The molecule has 0 N–H and O–H groups in total. The fourth-order valence-corrected chi connectivity index (χ4v) is 6.52. The molecule has 0 bridgehead atoms. The fourth-order valence-electron chi connectivity index (χ4n) is 6.52. The summed E-state index contributed by atoms with van der Waals surface area (Å²) < 4.78 is 177. The van der Waals surface area contributed by atoms with Crippen molar-refractivity contribution >= 4 is 27.6 Å². The summed E-state index contributed by atoms with van der Waals surface area (Å²) in [7, 11) is -18.6. The molecule has 0 radical (unpaired) electrons. The molecule has 14 nitrogen and oxygen atoms in total. The number of pyridine rings is 2. The number of methoxy groups -OCH3 is 2. The third-order valence-corrected chi connectivity index (χ3v) is 9.98. The number of ether oxygens (including phenoxy) is 10. The Kier molecular flexibility index (Phi) is 23.4. The molecule has 2 aromatic heterocycles. The number of carbonyl (C=O) groups is 2. The van der Waals surface area contributed by atoms with Gasteiger partial charge in [-0.3, -0.25) is 0 Å². The van der Waals surface area contributed by atoms with E-state index in [9.17, 15) is 60.0 Å². The van der Waals surface area contributed by atoms with E-state index in [4.69, 9.17) is 47.4 Å². The molecule has 0 amide bonds. The number of nitrogens with zero attached hydrogens (tertiary/aromatic N) is 2. The van der Waals surface area contributed by atoms with Crippen molar-refractivity contribution in [1.82, 2.24) is 0 Å². The maximum Gasteiger partial charge on any atom is 0.161 e. The van der Waals surface area contributed by atoms with E-state index < -0.39 is 15.6 Å². The van der Waals surface area contributed by atoms with Crippen LogP contribution in [0.2, 0.25) is 0 Å². The Labute approximate surface area is 452 Å². The van der Waals surface area contributed by atoms with Gasteiger partial charge in [0.1, 0.15) is 26.4 Å². The fraction of sp³-hybridized carbons (Fsp3) is 0.308. The first-order valence-electron chi connectivity index (χ1n) is 23.8. The van der Waals surface area contributed by atoms with Crippen molar-refractivity contribution in [2.24, 2.45) is 0 Å². The summed E-state index contributed by atoms with van der Waals surface area (Å²) in [6.07, 6.45) is 8.20.